The Hall–Kier alpha value is -3.05. The van der Waals surface area contributed by atoms with Gasteiger partial charge in [-0.1, -0.05) is 34.1 Å². The average Bonchev–Trinajstić information content (AvgIpc) is 2.78. The number of ether oxygens (including phenoxy) is 1. The first-order chi connectivity index (χ1) is 15.9. The van der Waals surface area contributed by atoms with Gasteiger partial charge in [0.05, 0.1) is 16.5 Å². The van der Waals surface area contributed by atoms with Gasteiger partial charge in [-0.25, -0.2) is 8.42 Å². The van der Waals surface area contributed by atoms with Crippen LogP contribution in [0.15, 0.2) is 82.2 Å². The molecule has 0 aliphatic carbocycles. The topological polar surface area (TPSA) is 84.5 Å². The van der Waals surface area contributed by atoms with Crippen LogP contribution < -0.4 is 14.8 Å². The summed E-state index contributed by atoms with van der Waals surface area (Å²) in [7, 11) is -4.13. The molecule has 0 bridgehead atoms. The highest BCUT2D eigenvalue weighted by molar-refractivity contribution is 9.10. The van der Waals surface area contributed by atoms with E-state index in [-0.39, 0.29) is 34.9 Å². The van der Waals surface area contributed by atoms with Crippen molar-refractivity contribution in [2.24, 2.45) is 0 Å². The van der Waals surface area contributed by atoms with Crippen LogP contribution in [0.25, 0.3) is 0 Å². The van der Waals surface area contributed by atoms with E-state index in [1.807, 2.05) is 31.2 Å². The molecule has 0 aliphatic rings. The molecule has 3 aromatic rings. The molecular weight excluding hydrogens is 537 g/mol. The zero-order valence-corrected chi connectivity index (χ0v) is 20.2. The van der Waals surface area contributed by atoms with Gasteiger partial charge in [-0.05, 0) is 67.1 Å². The molecule has 0 aliphatic heterocycles. The van der Waals surface area contributed by atoms with Gasteiger partial charge in [0.15, 0.2) is 6.61 Å². The number of anilines is 1. The van der Waals surface area contributed by atoms with E-state index >= 15 is 0 Å². The fourth-order valence-corrected chi connectivity index (χ4v) is 4.27. The Morgan fingerprint density at radius 2 is 1.68 bits per heavy atom. The molecule has 0 heterocycles. The van der Waals surface area contributed by atoms with Crippen molar-refractivity contribution in [3.63, 3.8) is 0 Å². The van der Waals surface area contributed by atoms with Crippen molar-refractivity contribution in [3.8, 4) is 5.75 Å². The highest BCUT2D eigenvalue weighted by atomic mass is 79.9. The number of nitrogens with one attached hydrogen (secondary N) is 2. The Bertz CT molecular complexity index is 1250. The molecule has 0 unspecified atom stereocenters. The summed E-state index contributed by atoms with van der Waals surface area (Å²) in [4.78, 5) is 12.0. The van der Waals surface area contributed by atoms with Gasteiger partial charge >= 0.3 is 6.18 Å². The van der Waals surface area contributed by atoms with Crippen molar-refractivity contribution >= 4 is 37.5 Å². The summed E-state index contributed by atoms with van der Waals surface area (Å²) in [5, 5.41) is 2.80. The Kier molecular flexibility index (Phi) is 7.88. The second-order valence-corrected chi connectivity index (χ2v) is 9.88. The minimum atomic E-state index is -4.59. The summed E-state index contributed by atoms with van der Waals surface area (Å²) in [6.07, 6.45) is -4.59. The molecule has 2 N–H and O–H groups in total. The lowest BCUT2D eigenvalue weighted by molar-refractivity contribution is -0.137. The molecule has 180 valence electrons. The number of amides is 1. The molecule has 6 nitrogen and oxygen atoms in total. The number of alkyl halides is 3. The van der Waals surface area contributed by atoms with Gasteiger partial charge in [0.1, 0.15) is 5.75 Å². The second-order valence-electron chi connectivity index (χ2n) is 7.28. The highest BCUT2D eigenvalue weighted by Crippen LogP contribution is 2.31. The summed E-state index contributed by atoms with van der Waals surface area (Å²) in [5.41, 5.74) is -0.268. The summed E-state index contributed by atoms with van der Waals surface area (Å²) in [6.45, 7) is 1.55. The number of carbonyl (C=O) groups excluding carboxylic acids is 1. The van der Waals surface area contributed by atoms with E-state index in [4.69, 9.17) is 4.74 Å². The van der Waals surface area contributed by atoms with Gasteiger partial charge < -0.3 is 10.1 Å². The quantitative estimate of drug-likeness (QED) is 0.382. The van der Waals surface area contributed by atoms with Crippen molar-refractivity contribution in [1.29, 1.82) is 0 Å². The fourth-order valence-electron chi connectivity index (χ4n) is 2.95. The van der Waals surface area contributed by atoms with Crippen LogP contribution in [0.4, 0.5) is 18.9 Å². The molecule has 0 radical (unpaired) electrons. The Labute approximate surface area is 203 Å². The third kappa shape index (κ3) is 6.97. The largest absolute Gasteiger partial charge is 0.484 e. The smallest absolute Gasteiger partial charge is 0.416 e. The van der Waals surface area contributed by atoms with Gasteiger partial charge in [0.25, 0.3) is 15.9 Å². The Morgan fingerprint density at radius 1 is 1.03 bits per heavy atom. The van der Waals surface area contributed by atoms with E-state index in [0.717, 1.165) is 22.2 Å². The van der Waals surface area contributed by atoms with Crippen molar-refractivity contribution in [2.45, 2.75) is 24.0 Å². The average molecular weight is 557 g/mol. The summed E-state index contributed by atoms with van der Waals surface area (Å²) in [5.74, 6) is -0.109. The van der Waals surface area contributed by atoms with Crippen LogP contribution in [0.1, 0.15) is 24.1 Å². The maximum Gasteiger partial charge on any atom is 0.416 e. The fraction of sp³-hybridized carbons (Fsp3) is 0.174. The third-order valence-electron chi connectivity index (χ3n) is 4.69. The first-order valence-electron chi connectivity index (χ1n) is 9.92. The van der Waals surface area contributed by atoms with Crippen molar-refractivity contribution in [3.05, 3.63) is 88.4 Å². The lowest BCUT2D eigenvalue weighted by Gasteiger charge is -2.15. The van der Waals surface area contributed by atoms with E-state index in [1.54, 1.807) is 0 Å². The zero-order valence-electron chi connectivity index (χ0n) is 17.8. The molecule has 34 heavy (non-hydrogen) atoms. The lowest BCUT2D eigenvalue weighted by atomic mass is 10.1. The van der Waals surface area contributed by atoms with E-state index in [0.29, 0.717) is 6.07 Å². The minimum Gasteiger partial charge on any atom is -0.484 e. The van der Waals surface area contributed by atoms with Gasteiger partial charge in [-0.15, -0.1) is 0 Å². The summed E-state index contributed by atoms with van der Waals surface area (Å²) < 4.78 is 72.0. The monoisotopic (exact) mass is 556 g/mol. The number of hydrogen-bond acceptors (Lipinski definition) is 4. The first-order valence-corrected chi connectivity index (χ1v) is 12.2. The van der Waals surface area contributed by atoms with E-state index in [9.17, 15) is 26.4 Å². The molecule has 0 fully saturated rings. The van der Waals surface area contributed by atoms with Gasteiger partial charge in [0.2, 0.25) is 0 Å². The zero-order chi connectivity index (χ0) is 24.9. The molecule has 11 heteroatoms. The lowest BCUT2D eigenvalue weighted by Crippen LogP contribution is -2.31. The Balaban J connectivity index is 1.58. The van der Waals surface area contributed by atoms with Crippen molar-refractivity contribution in [1.82, 2.24) is 5.32 Å². The number of rotatable bonds is 8. The van der Waals surface area contributed by atoms with Gasteiger partial charge in [-0.2, -0.15) is 13.2 Å². The van der Waals surface area contributed by atoms with Crippen LogP contribution >= 0.6 is 15.9 Å². The van der Waals surface area contributed by atoms with Crippen LogP contribution in [-0.2, 0) is 21.0 Å². The summed E-state index contributed by atoms with van der Waals surface area (Å²) in [6, 6.07) is 16.3. The molecule has 1 amide bonds. The predicted molar refractivity (Wildman–Crippen MR) is 125 cm³/mol. The van der Waals surface area contributed by atoms with E-state index < -0.39 is 21.8 Å². The van der Waals surface area contributed by atoms with Gasteiger partial charge in [-0.3, -0.25) is 9.52 Å². The first kappa shape index (κ1) is 25.6. The minimum absolute atomic E-state index is 0.175. The third-order valence-corrected chi connectivity index (χ3v) is 6.62. The van der Waals surface area contributed by atoms with Gasteiger partial charge in [0, 0.05) is 10.2 Å². The Morgan fingerprint density at radius 3 is 2.29 bits per heavy atom. The molecule has 3 rings (SSSR count). The number of carbonyl (C=O) groups is 1. The van der Waals surface area contributed by atoms with Crippen LogP contribution in [-0.4, -0.2) is 20.9 Å². The molecule has 3 aromatic carbocycles. The van der Waals surface area contributed by atoms with Crippen molar-refractivity contribution < 1.29 is 31.1 Å². The molecule has 0 saturated heterocycles. The van der Waals surface area contributed by atoms with Crippen LogP contribution in [0.3, 0.4) is 0 Å². The SMILES string of the molecule is C[C@H](NC(=O)COc1ccc(S(=O)(=O)Nc2cccc(C(F)(F)F)c2)cc1)c1ccc(Br)cc1. The maximum absolute atomic E-state index is 12.8. The standard InChI is InChI=1S/C23H20BrF3N2O4S/c1-15(16-5-7-18(24)8-6-16)28-22(30)14-33-20-9-11-21(12-10-20)34(31,32)29-19-4-2-3-17(13-19)23(25,26)27/h2-13,15,29H,14H2,1H3,(H,28,30)/t15-/m0/s1. The molecule has 0 aromatic heterocycles. The van der Waals surface area contributed by atoms with E-state index in [2.05, 4.69) is 26.0 Å². The predicted octanol–water partition coefficient (Wildman–Crippen LogP) is 5.52. The number of benzene rings is 3. The van der Waals surface area contributed by atoms with E-state index in [1.165, 1.54) is 30.3 Å². The van der Waals surface area contributed by atoms with Crippen molar-refractivity contribution in [2.75, 3.05) is 11.3 Å². The normalized spacial score (nSPS) is 12.6. The molecule has 0 spiro atoms. The molecule has 1 atom stereocenters. The number of halogens is 4. The molecule has 0 saturated carbocycles. The van der Waals surface area contributed by atoms with Crippen LogP contribution in [0, 0.1) is 0 Å². The van der Waals surface area contributed by atoms with Crippen LogP contribution in [0.2, 0.25) is 0 Å². The number of sulfonamides is 1. The number of hydrogen-bond donors (Lipinski definition) is 2. The summed E-state index contributed by atoms with van der Waals surface area (Å²) >= 11 is 3.35. The maximum atomic E-state index is 12.8. The second kappa shape index (κ2) is 10.5. The highest BCUT2D eigenvalue weighted by Gasteiger charge is 2.30. The molecular formula is C23H20BrF3N2O4S. The van der Waals surface area contributed by atoms with Crippen LogP contribution in [0.5, 0.6) is 5.75 Å².